The van der Waals surface area contributed by atoms with Gasteiger partial charge in [-0.1, -0.05) is 114 Å². The number of aliphatic hydroxyl groups is 1. The first kappa shape index (κ1) is 73.6. The minimum atomic E-state index is -0.529. The molecular formula is C74H101N5O13. The molecule has 10 fully saturated rings. The molecule has 500 valence electrons. The number of carbonyl (C=O) groups excluding carboxylic acids is 11. The maximum Gasteiger partial charge on any atom is 0.304 e. The number of nitrogens with zero attached hydrogens (tertiary/aromatic N) is 5. The summed E-state index contributed by atoms with van der Waals surface area (Å²) in [6, 6.07) is 0. The molecule has 5 aliphatic heterocycles. The number of carbonyl (C=O) groups is 11. The predicted octanol–water partition coefficient (Wildman–Crippen LogP) is 9.88. The lowest BCUT2D eigenvalue weighted by atomic mass is 9.89. The minimum Gasteiger partial charge on any atom is -0.444 e. The van der Waals surface area contributed by atoms with Gasteiger partial charge in [-0.2, -0.15) is 0 Å². The van der Waals surface area contributed by atoms with Crippen molar-refractivity contribution in [3.05, 3.63) is 127 Å². The highest BCUT2D eigenvalue weighted by Crippen LogP contribution is 2.53. The number of allylic oxidation sites excluding steroid dienone is 10. The van der Waals surface area contributed by atoms with Crippen molar-refractivity contribution in [2.24, 2.45) is 124 Å². The summed E-state index contributed by atoms with van der Waals surface area (Å²) >= 11 is 0. The van der Waals surface area contributed by atoms with E-state index in [2.05, 4.69) is 93.5 Å². The largest absolute Gasteiger partial charge is 0.444 e. The lowest BCUT2D eigenvalue weighted by Crippen LogP contribution is -2.36. The van der Waals surface area contributed by atoms with Crippen molar-refractivity contribution in [1.29, 1.82) is 0 Å². The number of fused-ring (bicyclic) bond motifs is 5. The minimum absolute atomic E-state index is 0.00454. The van der Waals surface area contributed by atoms with Crippen LogP contribution in [-0.2, 0) is 57.5 Å². The zero-order valence-electron chi connectivity index (χ0n) is 55.1. The zero-order valence-corrected chi connectivity index (χ0v) is 55.1. The maximum atomic E-state index is 12.5. The molecule has 20 atom stereocenters. The van der Waals surface area contributed by atoms with E-state index in [0.717, 1.165) is 86.8 Å². The molecular weight excluding hydrogens is 1170 g/mol. The van der Waals surface area contributed by atoms with Gasteiger partial charge < -0.3 is 9.84 Å². The van der Waals surface area contributed by atoms with Gasteiger partial charge in [0.15, 0.2) is 6.73 Å². The van der Waals surface area contributed by atoms with Crippen LogP contribution in [0, 0.1) is 124 Å². The fraction of sp³-hybridized carbons (Fsp3) is 0.581. The molecule has 0 aromatic rings. The van der Waals surface area contributed by atoms with Crippen LogP contribution in [0.5, 0.6) is 0 Å². The topological polar surface area (TPSA) is 233 Å². The van der Waals surface area contributed by atoms with Gasteiger partial charge in [0, 0.05) is 26.6 Å². The van der Waals surface area contributed by atoms with Gasteiger partial charge in [-0.05, 0) is 116 Å². The fourth-order valence-electron chi connectivity index (χ4n) is 16.3. The molecule has 5 saturated heterocycles. The molecule has 0 aromatic heterocycles. The van der Waals surface area contributed by atoms with E-state index in [9.17, 15) is 52.7 Å². The zero-order chi connectivity index (χ0) is 68.2. The Morgan fingerprint density at radius 3 is 0.772 bits per heavy atom. The number of imide groups is 5. The molecule has 0 spiro atoms. The maximum absolute atomic E-state index is 12.5. The second kappa shape index (κ2) is 32.9. The summed E-state index contributed by atoms with van der Waals surface area (Å²) in [5.74, 6) is -2.92. The number of likely N-dealkylation sites (tertiary alicyclic amines) is 5. The number of hydrogen-bond acceptors (Lipinski definition) is 13. The second-order valence-corrected chi connectivity index (χ2v) is 26.6. The van der Waals surface area contributed by atoms with E-state index in [1.165, 1.54) is 21.6 Å². The van der Waals surface area contributed by atoms with E-state index in [-0.39, 0.29) is 184 Å². The Balaban J connectivity index is 0.000000183. The molecule has 20 unspecified atom stereocenters. The van der Waals surface area contributed by atoms with E-state index >= 15 is 0 Å². The Morgan fingerprint density at radius 2 is 0.587 bits per heavy atom. The summed E-state index contributed by atoms with van der Waals surface area (Å²) in [5.41, 5.74) is 0. The van der Waals surface area contributed by atoms with Gasteiger partial charge in [0.2, 0.25) is 59.1 Å². The third-order valence-electron chi connectivity index (χ3n) is 21.2. The summed E-state index contributed by atoms with van der Waals surface area (Å²) in [5, 5.41) is 9.01. The van der Waals surface area contributed by atoms with Gasteiger partial charge in [0.25, 0.3) is 0 Å². The summed E-state index contributed by atoms with van der Waals surface area (Å²) in [7, 11) is 0. The van der Waals surface area contributed by atoms with Gasteiger partial charge in [0.05, 0.1) is 59.2 Å². The highest BCUT2D eigenvalue weighted by atomic mass is 16.5. The average molecular weight is 1270 g/mol. The van der Waals surface area contributed by atoms with E-state index in [0.29, 0.717) is 25.6 Å². The van der Waals surface area contributed by atoms with Crippen molar-refractivity contribution in [3.8, 4) is 0 Å². The lowest BCUT2D eigenvalue weighted by molar-refractivity contribution is -0.156. The quantitative estimate of drug-likeness (QED) is 0.0411. The van der Waals surface area contributed by atoms with Crippen molar-refractivity contribution < 1.29 is 62.6 Å². The Labute approximate surface area is 545 Å². The standard InChI is InChI=1S/3C16H23NO2.C14H17NO4.C12H15NO3/c1-5-11-9-12(6-2)14-13(11)15(18)17(16(14)19)8-7-10(3)4;2*1-4-7-8-9-17-15(18)13-11(5-2)10-12(6-3)14(13)16(17)19;1-4-9-6-10(5-2)12-11(9)13(17)15(14(12)18)7-19-8(3)16;1-3-7-5-8(4-2)10-9(7)11(15)13(6-14)12(10)16/h5-6,10-14H,1-2,7-9H2,3-4H3;2*5-6,11-14H,2-4,7-10H2,1H3;4-5,9-12H,1-2,6-7H2,3H3;3-4,7-10,14H,1-2,5-6H2. The van der Waals surface area contributed by atoms with Crippen LogP contribution in [0.1, 0.15) is 112 Å². The van der Waals surface area contributed by atoms with Crippen LogP contribution in [0.15, 0.2) is 127 Å². The van der Waals surface area contributed by atoms with E-state index in [1.54, 1.807) is 24.3 Å². The van der Waals surface area contributed by atoms with Crippen LogP contribution < -0.4 is 0 Å². The Morgan fingerprint density at radius 1 is 0.380 bits per heavy atom. The van der Waals surface area contributed by atoms with Crippen LogP contribution in [0.3, 0.4) is 0 Å². The number of amides is 10. The number of esters is 1. The van der Waals surface area contributed by atoms with Gasteiger partial charge in [-0.15, -0.1) is 65.8 Å². The van der Waals surface area contributed by atoms with Crippen LogP contribution in [0.25, 0.3) is 0 Å². The van der Waals surface area contributed by atoms with Crippen molar-refractivity contribution in [2.45, 2.75) is 112 Å². The van der Waals surface area contributed by atoms with Crippen LogP contribution in [0.2, 0.25) is 0 Å². The predicted molar refractivity (Wildman–Crippen MR) is 351 cm³/mol. The summed E-state index contributed by atoms with van der Waals surface area (Å²) in [6.45, 7) is 48.3. The molecule has 92 heavy (non-hydrogen) atoms. The number of unbranched alkanes of at least 4 members (excludes halogenated alkanes) is 4. The van der Waals surface area contributed by atoms with Gasteiger partial charge >= 0.3 is 5.97 Å². The lowest BCUT2D eigenvalue weighted by Gasteiger charge is -2.19. The molecule has 18 nitrogen and oxygen atoms in total. The second-order valence-electron chi connectivity index (χ2n) is 26.6. The average Bonchev–Trinajstić information content (AvgIpc) is 1.65. The van der Waals surface area contributed by atoms with Crippen molar-refractivity contribution in [1.82, 2.24) is 24.5 Å². The normalized spacial score (nSPS) is 34.3. The molecule has 10 rings (SSSR count). The number of hydrogen-bond donors (Lipinski definition) is 1. The molecule has 18 heteroatoms. The highest BCUT2D eigenvalue weighted by molar-refractivity contribution is 6.09. The number of ether oxygens (including phenoxy) is 1. The SMILES string of the molecule is C=CC1CC(C=C)C2C(=O)N(CCC(C)C)C(=O)C12.C=CC1CC(C=C)C2C(=O)N(CCCCC)C(=O)C12.C=CC1CC(C=C)C2C(=O)N(CCCCC)C(=O)C12.C=CC1CC(C=C)C2C(=O)N(CO)C(=O)C12.C=CC1CC(C=C)C2C(=O)N(COC(C)=O)C(=O)C12. The first-order valence-corrected chi connectivity index (χ1v) is 33.2. The van der Waals surface area contributed by atoms with Crippen molar-refractivity contribution in [2.75, 3.05) is 33.1 Å². The van der Waals surface area contributed by atoms with Crippen LogP contribution in [-0.4, -0.2) is 128 Å². The molecule has 0 bridgehead atoms. The number of rotatable bonds is 24. The molecule has 5 aliphatic carbocycles. The summed E-state index contributed by atoms with van der Waals surface area (Å²) < 4.78 is 4.76. The summed E-state index contributed by atoms with van der Waals surface area (Å²) in [6.07, 6.45) is 28.9. The Bertz CT molecular complexity index is 2690. The molecule has 5 saturated carbocycles. The third kappa shape index (κ3) is 14.5. The smallest absolute Gasteiger partial charge is 0.304 e. The monoisotopic (exact) mass is 1270 g/mol. The van der Waals surface area contributed by atoms with Crippen molar-refractivity contribution in [3.63, 3.8) is 0 Å². The first-order valence-electron chi connectivity index (χ1n) is 33.2. The van der Waals surface area contributed by atoms with Gasteiger partial charge in [0.1, 0.15) is 6.73 Å². The summed E-state index contributed by atoms with van der Waals surface area (Å²) in [4.78, 5) is 140. The van der Waals surface area contributed by atoms with Crippen LogP contribution in [0.4, 0.5) is 0 Å². The number of aliphatic hydroxyl groups excluding tert-OH is 1. The molecule has 0 radical (unpaired) electrons. The third-order valence-corrected chi connectivity index (χ3v) is 21.2. The van der Waals surface area contributed by atoms with E-state index in [1.807, 2.05) is 36.5 Å². The van der Waals surface area contributed by atoms with Crippen LogP contribution >= 0.6 is 0 Å². The Kier molecular flexibility index (Phi) is 26.3. The molecule has 5 heterocycles. The fourth-order valence-corrected chi connectivity index (χ4v) is 16.3. The van der Waals surface area contributed by atoms with Gasteiger partial charge in [-0.3, -0.25) is 72.3 Å². The van der Waals surface area contributed by atoms with E-state index in [4.69, 9.17) is 9.84 Å². The highest BCUT2D eigenvalue weighted by Gasteiger charge is 2.61. The van der Waals surface area contributed by atoms with E-state index < -0.39 is 12.7 Å². The van der Waals surface area contributed by atoms with Crippen molar-refractivity contribution >= 4 is 65.0 Å². The van der Waals surface area contributed by atoms with Gasteiger partial charge in [-0.25, -0.2) is 4.90 Å². The molecule has 1 N–H and O–H groups in total. The molecule has 0 aromatic carbocycles. The Hall–Kier alpha value is -7.47. The first-order chi connectivity index (χ1) is 44.0. The molecule has 10 aliphatic rings. The molecule has 10 amide bonds.